The van der Waals surface area contributed by atoms with E-state index in [4.69, 9.17) is 5.73 Å². The molecule has 7 nitrogen and oxygen atoms in total. The third-order valence-corrected chi connectivity index (χ3v) is 8.71. The van der Waals surface area contributed by atoms with E-state index in [1.54, 1.807) is 18.0 Å². The Balaban J connectivity index is 1.27. The molecule has 4 bridgehead atoms. The fraction of sp³-hybridized carbons (Fsp3) is 0.600. The van der Waals surface area contributed by atoms with Crippen molar-refractivity contribution in [3.05, 3.63) is 35.7 Å². The first-order chi connectivity index (χ1) is 15.9. The number of aromatic nitrogens is 3. The zero-order valence-electron chi connectivity index (χ0n) is 19.4. The van der Waals surface area contributed by atoms with Gasteiger partial charge in [-0.2, -0.15) is 10.2 Å². The fourth-order valence-corrected chi connectivity index (χ4v) is 7.33. The molecule has 2 aromatic rings. The normalized spacial score (nSPS) is 29.8. The van der Waals surface area contributed by atoms with Gasteiger partial charge in [0.2, 0.25) is 5.95 Å². The number of hydrogen-bond donors (Lipinski definition) is 3. The number of hydrogen-bond acceptors (Lipinski definition) is 8. The predicted molar refractivity (Wildman–Crippen MR) is 132 cm³/mol. The van der Waals surface area contributed by atoms with E-state index >= 15 is 0 Å². The monoisotopic (exact) mass is 463 g/mol. The number of anilines is 2. The van der Waals surface area contributed by atoms with Crippen molar-refractivity contribution in [1.29, 1.82) is 5.26 Å². The number of nitrogens with one attached hydrogen (secondary N) is 2. The summed E-state index contributed by atoms with van der Waals surface area (Å²) in [6.07, 6.45) is 9.71. The molecule has 4 fully saturated rings. The molecule has 33 heavy (non-hydrogen) atoms. The molecule has 8 heteroatoms. The molecule has 2 heterocycles. The van der Waals surface area contributed by atoms with Crippen molar-refractivity contribution in [1.82, 2.24) is 15.0 Å². The summed E-state index contributed by atoms with van der Waals surface area (Å²) in [5, 5.41) is 18.0. The summed E-state index contributed by atoms with van der Waals surface area (Å²) in [5.74, 6) is 3.29. The molecule has 0 aliphatic heterocycles. The number of nitrogens with two attached hydrogens (primary N) is 1. The standard InChI is InChI=1S/C25H33N7S/c1-15(2)33-23-17(4-3-5-28-23)12-29-24-30-13-20(11-26)22(32-24)31-14-25-8-16-6-18(9-25)21(27)19(7-16)10-25/h3-5,13,15-16,18-19,21H,6-10,12,14,27H2,1-2H3,(H2,29,30,31,32)/t16?,18-,19+,21-,25-. The van der Waals surface area contributed by atoms with Crippen LogP contribution in [0.15, 0.2) is 29.6 Å². The molecule has 4 aliphatic rings. The Kier molecular flexibility index (Phi) is 6.19. The van der Waals surface area contributed by atoms with Gasteiger partial charge in [0.25, 0.3) is 0 Å². The van der Waals surface area contributed by atoms with Gasteiger partial charge in [0.15, 0.2) is 0 Å². The summed E-state index contributed by atoms with van der Waals surface area (Å²) >= 11 is 1.75. The third-order valence-electron chi connectivity index (χ3n) is 7.65. The Morgan fingerprint density at radius 3 is 2.73 bits per heavy atom. The summed E-state index contributed by atoms with van der Waals surface area (Å²) in [6.45, 7) is 5.76. The van der Waals surface area contributed by atoms with Crippen LogP contribution >= 0.6 is 11.8 Å². The van der Waals surface area contributed by atoms with Crippen LogP contribution in [0.2, 0.25) is 0 Å². The van der Waals surface area contributed by atoms with Crippen LogP contribution in [0.4, 0.5) is 11.8 Å². The van der Waals surface area contributed by atoms with Crippen LogP contribution in [0.1, 0.15) is 57.1 Å². The lowest BCUT2D eigenvalue weighted by molar-refractivity contribution is -0.0591. The number of rotatable bonds is 8. The first-order valence-corrected chi connectivity index (χ1v) is 12.9. The van der Waals surface area contributed by atoms with Crippen LogP contribution in [0.25, 0.3) is 0 Å². The molecule has 2 aromatic heterocycles. The van der Waals surface area contributed by atoms with E-state index in [0.29, 0.717) is 47.0 Å². The van der Waals surface area contributed by atoms with Crippen molar-refractivity contribution in [2.75, 3.05) is 17.2 Å². The molecular formula is C25H33N7S. The number of nitriles is 1. The van der Waals surface area contributed by atoms with Gasteiger partial charge in [-0.25, -0.2) is 9.97 Å². The molecule has 6 rings (SSSR count). The van der Waals surface area contributed by atoms with Gasteiger partial charge in [-0.1, -0.05) is 19.9 Å². The van der Waals surface area contributed by atoms with E-state index in [9.17, 15) is 5.26 Å². The minimum atomic E-state index is 0.288. The van der Waals surface area contributed by atoms with E-state index in [1.807, 2.05) is 12.3 Å². The van der Waals surface area contributed by atoms with Crippen LogP contribution in [-0.4, -0.2) is 32.8 Å². The molecule has 0 spiro atoms. The molecule has 5 atom stereocenters. The molecule has 0 radical (unpaired) electrons. The Morgan fingerprint density at radius 1 is 1.21 bits per heavy atom. The van der Waals surface area contributed by atoms with E-state index in [0.717, 1.165) is 23.1 Å². The second-order valence-corrected chi connectivity index (χ2v) is 12.0. The zero-order chi connectivity index (χ0) is 23.0. The van der Waals surface area contributed by atoms with Crippen LogP contribution in [-0.2, 0) is 6.54 Å². The Hall–Kier alpha value is -2.37. The van der Waals surface area contributed by atoms with Crippen molar-refractivity contribution >= 4 is 23.5 Å². The van der Waals surface area contributed by atoms with Crippen molar-refractivity contribution < 1.29 is 0 Å². The number of pyridine rings is 1. The zero-order valence-corrected chi connectivity index (χ0v) is 20.2. The van der Waals surface area contributed by atoms with Gasteiger partial charge in [-0.05, 0) is 61.3 Å². The highest BCUT2D eigenvalue weighted by atomic mass is 32.2. The molecule has 0 amide bonds. The van der Waals surface area contributed by atoms with Crippen LogP contribution in [0.3, 0.4) is 0 Å². The molecular weight excluding hydrogens is 430 g/mol. The lowest BCUT2D eigenvalue weighted by atomic mass is 9.48. The predicted octanol–water partition coefficient (Wildman–Crippen LogP) is 4.42. The van der Waals surface area contributed by atoms with Gasteiger partial charge >= 0.3 is 0 Å². The van der Waals surface area contributed by atoms with Crippen molar-refractivity contribution in [2.45, 2.75) is 68.8 Å². The fourth-order valence-electron chi connectivity index (χ4n) is 6.47. The van der Waals surface area contributed by atoms with E-state index in [1.165, 1.54) is 32.1 Å². The first kappa shape index (κ1) is 22.4. The molecule has 4 aliphatic carbocycles. The average Bonchev–Trinajstić information content (AvgIpc) is 2.80. The maximum atomic E-state index is 9.61. The highest BCUT2D eigenvalue weighted by Crippen LogP contribution is 2.59. The lowest BCUT2D eigenvalue weighted by Crippen LogP contribution is -2.58. The summed E-state index contributed by atoms with van der Waals surface area (Å²) in [4.78, 5) is 13.6. The van der Waals surface area contributed by atoms with Gasteiger partial charge < -0.3 is 16.4 Å². The minimum absolute atomic E-state index is 0.288. The first-order valence-electron chi connectivity index (χ1n) is 12.1. The Morgan fingerprint density at radius 2 is 2.00 bits per heavy atom. The second kappa shape index (κ2) is 9.11. The van der Waals surface area contributed by atoms with Gasteiger partial charge in [-0.15, -0.1) is 11.8 Å². The lowest BCUT2D eigenvalue weighted by Gasteiger charge is -2.59. The van der Waals surface area contributed by atoms with Gasteiger partial charge in [0.1, 0.15) is 22.5 Å². The van der Waals surface area contributed by atoms with E-state index in [2.05, 4.69) is 51.6 Å². The molecule has 0 saturated heterocycles. The maximum absolute atomic E-state index is 9.61. The smallest absolute Gasteiger partial charge is 0.224 e. The summed E-state index contributed by atoms with van der Waals surface area (Å²) in [7, 11) is 0. The van der Waals surface area contributed by atoms with Gasteiger partial charge in [-0.3, -0.25) is 0 Å². The van der Waals surface area contributed by atoms with Crippen molar-refractivity contribution in [2.24, 2.45) is 28.9 Å². The summed E-state index contributed by atoms with van der Waals surface area (Å²) in [5.41, 5.74) is 8.41. The summed E-state index contributed by atoms with van der Waals surface area (Å²) < 4.78 is 0. The maximum Gasteiger partial charge on any atom is 0.224 e. The number of thioether (sulfide) groups is 1. The third kappa shape index (κ3) is 4.67. The molecule has 4 saturated carbocycles. The Bertz CT molecular complexity index is 1030. The molecule has 174 valence electrons. The van der Waals surface area contributed by atoms with Gasteiger partial charge in [0.05, 0.1) is 6.20 Å². The van der Waals surface area contributed by atoms with E-state index < -0.39 is 0 Å². The molecule has 1 unspecified atom stereocenters. The Labute approximate surface area is 200 Å². The van der Waals surface area contributed by atoms with Crippen LogP contribution in [0.5, 0.6) is 0 Å². The summed E-state index contributed by atoms with van der Waals surface area (Å²) in [6, 6.07) is 6.65. The van der Waals surface area contributed by atoms with Crippen LogP contribution in [0, 0.1) is 34.5 Å². The van der Waals surface area contributed by atoms with Crippen molar-refractivity contribution in [3.8, 4) is 6.07 Å². The highest BCUT2D eigenvalue weighted by molar-refractivity contribution is 7.99. The minimum Gasteiger partial charge on any atom is -0.368 e. The second-order valence-electron chi connectivity index (χ2n) is 10.5. The van der Waals surface area contributed by atoms with Crippen molar-refractivity contribution in [3.63, 3.8) is 0 Å². The highest BCUT2D eigenvalue weighted by Gasteiger charge is 2.54. The topological polar surface area (TPSA) is 113 Å². The molecule has 4 N–H and O–H groups in total. The quantitative estimate of drug-likeness (QED) is 0.493. The number of nitrogens with zero attached hydrogens (tertiary/aromatic N) is 4. The van der Waals surface area contributed by atoms with Crippen LogP contribution < -0.4 is 16.4 Å². The van der Waals surface area contributed by atoms with E-state index in [-0.39, 0.29) is 5.41 Å². The molecule has 0 aromatic carbocycles. The largest absolute Gasteiger partial charge is 0.368 e. The SMILES string of the molecule is CC(C)Sc1ncccc1CNc1ncc(C#N)c(NC[C@]23CC4C[C@H](C2)[C@@H](N)[C@@H](C4)C3)n1. The average molecular weight is 464 g/mol. The van der Waals surface area contributed by atoms with Gasteiger partial charge in [0, 0.05) is 36.1 Å².